The van der Waals surface area contributed by atoms with Gasteiger partial charge in [0.2, 0.25) is 0 Å². The van der Waals surface area contributed by atoms with Crippen LogP contribution in [-0.4, -0.2) is 19.3 Å². The summed E-state index contributed by atoms with van der Waals surface area (Å²) in [6, 6.07) is 9.68. The minimum absolute atomic E-state index is 0.465. The van der Waals surface area contributed by atoms with Gasteiger partial charge in [-0.25, -0.2) is 0 Å². The van der Waals surface area contributed by atoms with Crippen LogP contribution in [0.5, 0.6) is 0 Å². The van der Waals surface area contributed by atoms with Crippen LogP contribution < -0.4 is 9.80 Å². The molecule has 0 spiro atoms. The van der Waals surface area contributed by atoms with Gasteiger partial charge in [-0.1, -0.05) is 41.5 Å². The van der Waals surface area contributed by atoms with Gasteiger partial charge in [-0.2, -0.15) is 0 Å². The van der Waals surface area contributed by atoms with Crippen molar-refractivity contribution in [2.24, 2.45) is 0 Å². The molecule has 1 aliphatic heterocycles. The van der Waals surface area contributed by atoms with Gasteiger partial charge in [0.1, 0.15) is 0 Å². The van der Waals surface area contributed by atoms with Crippen LogP contribution in [0.25, 0.3) is 0 Å². The van der Waals surface area contributed by atoms with Crippen LogP contribution in [0, 0.1) is 41.5 Å². The lowest BCUT2D eigenvalue weighted by Gasteiger charge is -2.29. The third-order valence-corrected chi connectivity index (χ3v) is 5.51. The van der Waals surface area contributed by atoms with Crippen LogP contribution in [0.3, 0.4) is 0 Å². The highest BCUT2D eigenvalue weighted by Crippen LogP contribution is 2.36. The van der Waals surface area contributed by atoms with Crippen molar-refractivity contribution < 1.29 is 0 Å². The molecular weight excluding hydrogens is 316 g/mol. The Morgan fingerprint density at radius 2 is 1.31 bits per heavy atom. The maximum absolute atomic E-state index is 4.01. The van der Waals surface area contributed by atoms with Crippen LogP contribution in [0.4, 0.5) is 11.4 Å². The molecule has 0 saturated carbocycles. The smallest absolute Gasteiger partial charge is 0.0907 e. The molecule has 1 aliphatic rings. The average molecular weight is 349 g/mol. The number of anilines is 2. The van der Waals surface area contributed by atoms with Crippen molar-refractivity contribution in [1.29, 1.82) is 0 Å². The van der Waals surface area contributed by atoms with Gasteiger partial charge in [0.15, 0.2) is 0 Å². The van der Waals surface area contributed by atoms with Crippen molar-refractivity contribution in [2.45, 2.75) is 54.0 Å². The Labute approximate surface area is 159 Å². The van der Waals surface area contributed by atoms with E-state index in [1.54, 1.807) is 0 Å². The fraction of sp³-hybridized carbons (Fsp3) is 0.417. The van der Waals surface area contributed by atoms with Gasteiger partial charge in [0, 0.05) is 17.9 Å². The Morgan fingerprint density at radius 1 is 0.846 bits per heavy atom. The number of nitrogens with zero attached hydrogens (tertiary/aromatic N) is 2. The van der Waals surface area contributed by atoms with Crippen LogP contribution >= 0.6 is 0 Å². The number of hydrogen-bond acceptors (Lipinski definition) is 2. The zero-order chi connectivity index (χ0) is 19.0. The van der Waals surface area contributed by atoms with Crippen LogP contribution in [0.2, 0.25) is 0 Å². The summed E-state index contributed by atoms with van der Waals surface area (Å²) in [7, 11) is 0. The molecule has 1 atom stereocenters. The Balaban J connectivity index is 2.02. The van der Waals surface area contributed by atoms with E-state index in [0.29, 0.717) is 6.04 Å². The highest BCUT2D eigenvalue weighted by molar-refractivity contribution is 5.67. The number of benzene rings is 2. The van der Waals surface area contributed by atoms with Crippen molar-refractivity contribution in [3.8, 4) is 0 Å². The molecule has 2 nitrogen and oxygen atoms in total. The Kier molecular flexibility index (Phi) is 5.13. The van der Waals surface area contributed by atoms with Gasteiger partial charge in [0.05, 0.1) is 12.7 Å². The lowest BCUT2D eigenvalue weighted by molar-refractivity contribution is 0.712. The lowest BCUT2D eigenvalue weighted by atomic mass is 10.0. The monoisotopic (exact) mass is 348 g/mol. The first-order chi connectivity index (χ1) is 12.3. The van der Waals surface area contributed by atoms with Gasteiger partial charge in [-0.05, 0) is 70.2 Å². The quantitative estimate of drug-likeness (QED) is 0.648. The SMILES string of the molecule is C=CCC1CN(c2c(C)cc(C)cc2C)CN1c1c(C)cc(C)cc1C. The minimum atomic E-state index is 0.465. The zero-order valence-corrected chi connectivity index (χ0v) is 17.2. The molecule has 26 heavy (non-hydrogen) atoms. The molecule has 0 bridgehead atoms. The molecule has 3 rings (SSSR count). The van der Waals surface area contributed by atoms with Crippen molar-refractivity contribution in [3.63, 3.8) is 0 Å². The molecule has 138 valence electrons. The third-order valence-electron chi connectivity index (χ3n) is 5.51. The first-order valence-electron chi connectivity index (χ1n) is 9.60. The normalized spacial score (nSPS) is 17.1. The van der Waals surface area contributed by atoms with E-state index in [9.17, 15) is 0 Å². The molecule has 0 radical (unpaired) electrons. The standard InChI is InChI=1S/C24H32N2/c1-8-9-22-14-25(23-18(4)10-16(2)11-19(23)5)15-26(22)24-20(6)12-17(3)13-21(24)7/h8,10-13,22H,1,9,14-15H2,2-7H3. The molecule has 2 heteroatoms. The lowest BCUT2D eigenvalue weighted by Crippen LogP contribution is -2.31. The zero-order valence-electron chi connectivity index (χ0n) is 17.2. The Hall–Kier alpha value is -2.22. The maximum atomic E-state index is 4.01. The van der Waals surface area contributed by atoms with Crippen LogP contribution in [0.1, 0.15) is 39.8 Å². The maximum Gasteiger partial charge on any atom is 0.0907 e. The van der Waals surface area contributed by atoms with Crippen LogP contribution in [-0.2, 0) is 0 Å². The summed E-state index contributed by atoms with van der Waals surface area (Å²) >= 11 is 0. The van der Waals surface area contributed by atoms with E-state index < -0.39 is 0 Å². The van der Waals surface area contributed by atoms with Crippen molar-refractivity contribution >= 4 is 11.4 Å². The number of rotatable bonds is 4. The molecule has 1 fully saturated rings. The average Bonchev–Trinajstić information content (AvgIpc) is 2.89. The highest BCUT2D eigenvalue weighted by atomic mass is 15.4. The summed E-state index contributed by atoms with van der Waals surface area (Å²) in [5.41, 5.74) is 11.0. The van der Waals surface area contributed by atoms with E-state index in [4.69, 9.17) is 0 Å². The molecular formula is C24H32N2. The van der Waals surface area contributed by atoms with Crippen molar-refractivity contribution in [2.75, 3.05) is 23.0 Å². The largest absolute Gasteiger partial charge is 0.351 e. The predicted octanol–water partition coefficient (Wildman–Crippen LogP) is 5.77. The second-order valence-corrected chi connectivity index (χ2v) is 8.01. The molecule has 0 aliphatic carbocycles. The number of hydrogen-bond donors (Lipinski definition) is 0. The van der Waals surface area contributed by atoms with E-state index in [0.717, 1.165) is 19.6 Å². The predicted molar refractivity (Wildman–Crippen MR) is 115 cm³/mol. The van der Waals surface area contributed by atoms with E-state index in [2.05, 4.69) is 88.3 Å². The molecule has 1 heterocycles. The van der Waals surface area contributed by atoms with Crippen molar-refractivity contribution in [3.05, 3.63) is 70.3 Å². The number of aryl methyl sites for hydroxylation is 6. The summed E-state index contributed by atoms with van der Waals surface area (Å²) < 4.78 is 0. The fourth-order valence-electron chi connectivity index (χ4n) is 4.82. The Bertz CT molecular complexity index is 788. The summed E-state index contributed by atoms with van der Waals surface area (Å²) in [6.45, 7) is 19.3. The summed E-state index contributed by atoms with van der Waals surface area (Å²) in [4.78, 5) is 5.14. The molecule has 0 aromatic heterocycles. The second kappa shape index (κ2) is 7.19. The van der Waals surface area contributed by atoms with Gasteiger partial charge in [-0.15, -0.1) is 6.58 Å². The van der Waals surface area contributed by atoms with Crippen LogP contribution in [0.15, 0.2) is 36.9 Å². The van der Waals surface area contributed by atoms with E-state index >= 15 is 0 Å². The third kappa shape index (κ3) is 3.38. The Morgan fingerprint density at radius 3 is 1.77 bits per heavy atom. The minimum Gasteiger partial charge on any atom is -0.351 e. The highest BCUT2D eigenvalue weighted by Gasteiger charge is 2.32. The molecule has 0 N–H and O–H groups in total. The van der Waals surface area contributed by atoms with Gasteiger partial charge in [-0.3, -0.25) is 0 Å². The first-order valence-corrected chi connectivity index (χ1v) is 9.60. The topological polar surface area (TPSA) is 6.48 Å². The van der Waals surface area contributed by atoms with E-state index in [1.807, 2.05) is 0 Å². The van der Waals surface area contributed by atoms with Gasteiger partial charge < -0.3 is 9.80 Å². The van der Waals surface area contributed by atoms with Gasteiger partial charge >= 0.3 is 0 Å². The fourth-order valence-corrected chi connectivity index (χ4v) is 4.82. The summed E-state index contributed by atoms with van der Waals surface area (Å²) in [6.07, 6.45) is 3.07. The summed E-state index contributed by atoms with van der Waals surface area (Å²) in [5.74, 6) is 0. The summed E-state index contributed by atoms with van der Waals surface area (Å²) in [5, 5.41) is 0. The molecule has 0 amide bonds. The van der Waals surface area contributed by atoms with Gasteiger partial charge in [0.25, 0.3) is 0 Å². The van der Waals surface area contributed by atoms with E-state index in [1.165, 1.54) is 44.8 Å². The first kappa shape index (κ1) is 18.6. The molecule has 1 saturated heterocycles. The molecule has 1 unspecified atom stereocenters. The second-order valence-electron chi connectivity index (χ2n) is 8.01. The van der Waals surface area contributed by atoms with Crippen molar-refractivity contribution in [1.82, 2.24) is 0 Å². The molecule has 2 aromatic carbocycles. The molecule has 2 aromatic rings. The van der Waals surface area contributed by atoms with E-state index in [-0.39, 0.29) is 0 Å².